The highest BCUT2D eigenvalue weighted by Gasteiger charge is 2.51. The molecule has 0 spiro atoms. The molecule has 6 aliphatic rings. The van der Waals surface area contributed by atoms with E-state index in [0.717, 1.165) is 35.8 Å². The molecule has 4 heteroatoms. The van der Waals surface area contributed by atoms with E-state index in [9.17, 15) is 0 Å². The molecular weight excluding hydrogens is 932 g/mol. The monoisotopic (exact) mass is 1010 g/mol. The molecule has 2 aliphatic heterocycles. The van der Waals surface area contributed by atoms with Gasteiger partial charge in [-0.25, -0.2) is 0 Å². The van der Waals surface area contributed by atoms with Crippen LogP contribution in [0, 0.1) is 0 Å². The van der Waals surface area contributed by atoms with Gasteiger partial charge in [0.05, 0.1) is 5.69 Å². The summed E-state index contributed by atoms with van der Waals surface area (Å²) in [6.45, 7) is 41.6. The third-order valence-corrected chi connectivity index (χ3v) is 21.4. The van der Waals surface area contributed by atoms with Crippen LogP contribution in [0.2, 0.25) is 0 Å². The highest BCUT2D eigenvalue weighted by molar-refractivity contribution is 6.94. The molecule has 0 bridgehead atoms. The molecule has 3 heterocycles. The van der Waals surface area contributed by atoms with E-state index in [1.807, 2.05) is 0 Å². The lowest BCUT2D eigenvalue weighted by molar-refractivity contribution is 0.331. The molecular formula is C73H81BN2O. The van der Waals surface area contributed by atoms with E-state index in [2.05, 4.69) is 237 Å². The van der Waals surface area contributed by atoms with Crippen LogP contribution in [0.25, 0.3) is 44.2 Å². The van der Waals surface area contributed by atoms with E-state index < -0.39 is 0 Å². The van der Waals surface area contributed by atoms with E-state index >= 15 is 0 Å². The Balaban J connectivity index is 1.15. The molecule has 0 atom stereocenters. The molecule has 392 valence electrons. The van der Waals surface area contributed by atoms with Gasteiger partial charge in [0.2, 0.25) is 0 Å². The van der Waals surface area contributed by atoms with Gasteiger partial charge in [0.1, 0.15) is 5.58 Å². The highest BCUT2D eigenvalue weighted by atomic mass is 16.3. The van der Waals surface area contributed by atoms with E-state index in [-0.39, 0.29) is 50.2 Å². The maximum atomic E-state index is 7.42. The Morgan fingerprint density at radius 2 is 0.935 bits per heavy atom. The lowest BCUT2D eigenvalue weighted by Gasteiger charge is -2.49. The van der Waals surface area contributed by atoms with Gasteiger partial charge in [0.25, 0.3) is 0 Å². The number of hydrogen-bond acceptors (Lipinski definition) is 3. The molecule has 8 aromatic rings. The summed E-state index contributed by atoms with van der Waals surface area (Å²) >= 11 is 0. The number of para-hydroxylation sites is 1. The second-order valence-corrected chi connectivity index (χ2v) is 30.5. The van der Waals surface area contributed by atoms with Crippen LogP contribution in [0.4, 0.5) is 28.4 Å². The maximum absolute atomic E-state index is 7.42. The first-order valence-electron chi connectivity index (χ1n) is 29.4. The first-order chi connectivity index (χ1) is 36.0. The van der Waals surface area contributed by atoms with E-state index in [0.29, 0.717) is 0 Å². The third-order valence-electron chi connectivity index (χ3n) is 21.4. The minimum absolute atomic E-state index is 0.00260. The van der Waals surface area contributed by atoms with Crippen LogP contribution >= 0.6 is 0 Å². The molecule has 0 amide bonds. The second kappa shape index (κ2) is 15.2. The van der Waals surface area contributed by atoms with Gasteiger partial charge in [-0.2, -0.15) is 0 Å². The average molecular weight is 1010 g/mol. The number of anilines is 5. The average Bonchev–Trinajstić information content (AvgIpc) is 4.02. The normalized spacial score (nSPS) is 20.9. The van der Waals surface area contributed by atoms with Gasteiger partial charge in [-0.1, -0.05) is 166 Å². The smallest absolute Gasteiger partial charge is 0.333 e. The number of benzene rings is 7. The standard InChI is InChI=1S/C73H81BN2O/c1-66(2,3)42-22-24-43(25-23-42)76-60-40-53-46(47-37-55-56(38-52(47)73(53,16)17)70(10,11)31-30-69(55,8)9)35-48(60)49-36-50-45-20-18-19-21-62(45)77-65(50)64-63(49)74(76)59-39-57-58(72(14,15)33-32-71(57,12)13)41-61(59)75(64)44-26-27-51-54(34-44)68(6,7)29-28-67(51,4)5/h18-27,34-41H,28-33H2,1-17H3. The molecule has 14 rings (SSSR count). The summed E-state index contributed by atoms with van der Waals surface area (Å²) in [7, 11) is 0. The Morgan fingerprint density at radius 1 is 0.429 bits per heavy atom. The number of hydrogen-bond donors (Lipinski definition) is 0. The molecule has 7 aromatic carbocycles. The number of furan rings is 1. The van der Waals surface area contributed by atoms with Crippen molar-refractivity contribution in [3.8, 4) is 22.3 Å². The zero-order chi connectivity index (χ0) is 54.3. The predicted octanol–water partition coefficient (Wildman–Crippen LogP) is 18.9. The molecule has 1 aromatic heterocycles. The van der Waals surface area contributed by atoms with Crippen LogP contribution in [0.3, 0.4) is 0 Å². The van der Waals surface area contributed by atoms with Crippen molar-refractivity contribution in [3.05, 3.63) is 159 Å². The Morgan fingerprint density at radius 3 is 1.56 bits per heavy atom. The van der Waals surface area contributed by atoms with Crippen LogP contribution in [-0.2, 0) is 43.3 Å². The minimum Gasteiger partial charge on any atom is -0.454 e. The van der Waals surface area contributed by atoms with Crippen molar-refractivity contribution in [2.24, 2.45) is 0 Å². The molecule has 4 aliphatic carbocycles. The van der Waals surface area contributed by atoms with E-state index in [4.69, 9.17) is 4.42 Å². The van der Waals surface area contributed by atoms with Crippen LogP contribution in [-0.4, -0.2) is 6.85 Å². The number of nitrogens with zero attached hydrogens (tertiary/aromatic N) is 2. The largest absolute Gasteiger partial charge is 0.454 e. The van der Waals surface area contributed by atoms with Gasteiger partial charge in [0, 0.05) is 44.5 Å². The van der Waals surface area contributed by atoms with Crippen LogP contribution < -0.4 is 20.6 Å². The van der Waals surface area contributed by atoms with Crippen molar-refractivity contribution in [3.63, 3.8) is 0 Å². The lowest BCUT2D eigenvalue weighted by atomic mass is 9.42. The summed E-state index contributed by atoms with van der Waals surface area (Å²) in [6, 6.07) is 44.5. The molecule has 0 saturated heterocycles. The zero-order valence-corrected chi connectivity index (χ0v) is 49.5. The fraction of sp³-hybridized carbons (Fsp3) is 0.425. The van der Waals surface area contributed by atoms with Crippen molar-refractivity contribution in [1.82, 2.24) is 0 Å². The van der Waals surface area contributed by atoms with E-state index in [1.54, 1.807) is 0 Å². The SMILES string of the molecule is CC(C)(C)c1ccc(N2B3c4cc5c(cc4N(c4ccc6c(c4)C(C)(C)CCC6(C)C)c4c3c(cc3c4oc4ccccc43)-c3cc4c(cc32)C(C)(C)c2cc3c(cc2-4)C(C)(C)CCC3(C)C)C(C)(C)CCC5(C)C)cc1. The molecule has 0 saturated carbocycles. The van der Waals surface area contributed by atoms with Gasteiger partial charge in [0.15, 0.2) is 5.58 Å². The van der Waals surface area contributed by atoms with Crippen molar-refractivity contribution in [2.75, 3.05) is 9.71 Å². The summed E-state index contributed by atoms with van der Waals surface area (Å²) in [6.07, 6.45) is 7.02. The van der Waals surface area contributed by atoms with Crippen LogP contribution in [0.5, 0.6) is 0 Å². The van der Waals surface area contributed by atoms with Gasteiger partial charge in [-0.05, 0) is 215 Å². The Bertz CT molecular complexity index is 3900. The molecule has 0 fully saturated rings. The summed E-state index contributed by atoms with van der Waals surface area (Å²) in [4.78, 5) is 5.47. The lowest BCUT2D eigenvalue weighted by Crippen LogP contribution is -2.62. The molecule has 0 N–H and O–H groups in total. The molecule has 3 nitrogen and oxygen atoms in total. The van der Waals surface area contributed by atoms with Gasteiger partial charge in [-0.15, -0.1) is 0 Å². The summed E-state index contributed by atoms with van der Waals surface area (Å²) in [5, 5.41) is 2.34. The van der Waals surface area contributed by atoms with Crippen LogP contribution in [0.15, 0.2) is 114 Å². The van der Waals surface area contributed by atoms with Gasteiger partial charge < -0.3 is 14.1 Å². The van der Waals surface area contributed by atoms with Crippen LogP contribution in [0.1, 0.15) is 206 Å². The molecule has 77 heavy (non-hydrogen) atoms. The van der Waals surface area contributed by atoms with Crippen molar-refractivity contribution in [2.45, 2.75) is 200 Å². The summed E-state index contributed by atoms with van der Waals surface area (Å²) in [5.41, 5.74) is 29.4. The fourth-order valence-electron chi connectivity index (χ4n) is 15.9. The third kappa shape index (κ3) is 6.75. The van der Waals surface area contributed by atoms with Gasteiger partial charge >= 0.3 is 6.85 Å². The minimum atomic E-state index is -0.213. The maximum Gasteiger partial charge on any atom is 0.333 e. The van der Waals surface area contributed by atoms with Gasteiger partial charge in [-0.3, -0.25) is 0 Å². The summed E-state index contributed by atoms with van der Waals surface area (Å²) < 4.78 is 7.42. The van der Waals surface area contributed by atoms with E-state index in [1.165, 1.54) is 136 Å². The number of fused-ring (bicyclic) bond motifs is 14. The topological polar surface area (TPSA) is 19.6 Å². The quantitative estimate of drug-likeness (QED) is 0.161. The summed E-state index contributed by atoms with van der Waals surface area (Å²) in [5.74, 6) is 0. The second-order valence-electron chi connectivity index (χ2n) is 30.5. The number of rotatable bonds is 2. The Labute approximate surface area is 461 Å². The predicted molar refractivity (Wildman–Crippen MR) is 330 cm³/mol. The molecule has 0 radical (unpaired) electrons. The van der Waals surface area contributed by atoms with Crippen molar-refractivity contribution < 1.29 is 4.42 Å². The molecule has 0 unspecified atom stereocenters. The van der Waals surface area contributed by atoms with Crippen molar-refractivity contribution >= 4 is 68.1 Å². The Hall–Kier alpha value is -6.00. The first kappa shape index (κ1) is 49.3. The van der Waals surface area contributed by atoms with Crippen molar-refractivity contribution in [1.29, 1.82) is 0 Å². The Kier molecular flexibility index (Phi) is 9.75. The zero-order valence-electron chi connectivity index (χ0n) is 49.5. The first-order valence-corrected chi connectivity index (χ1v) is 29.4. The fourth-order valence-corrected chi connectivity index (χ4v) is 15.9. The highest BCUT2D eigenvalue weighted by Crippen LogP contribution is 2.60.